The first kappa shape index (κ1) is 26.2. The van der Waals surface area contributed by atoms with E-state index in [1.54, 1.807) is 14.0 Å². The first-order valence-electron chi connectivity index (χ1n) is 13.6. The number of ketones is 1. The largest absolute Gasteiger partial charge is 0.344 e. The molecule has 1 amide bonds. The number of likely N-dealkylation sites (N-methyl/N-ethyl adjacent to an activating group) is 1. The van der Waals surface area contributed by atoms with Crippen LogP contribution in [0.5, 0.6) is 0 Å². The Morgan fingerprint density at radius 2 is 1.83 bits per heavy atom. The summed E-state index contributed by atoms with van der Waals surface area (Å²) in [6, 6.07) is 9.49. The molecular formula is C30H40N4O2. The van der Waals surface area contributed by atoms with Crippen molar-refractivity contribution in [1.82, 2.24) is 10.6 Å². The summed E-state index contributed by atoms with van der Waals surface area (Å²) in [6.45, 7) is 3.85. The molecule has 36 heavy (non-hydrogen) atoms. The lowest BCUT2D eigenvalue weighted by atomic mass is 9.71. The molecule has 1 aromatic rings. The standard InChI is InChI=1S/C30H40N4O2/c1-4-22(24-16-15-23(20-11-7-5-8-12-20)25-17-33-18-26(24)25)27(31)29(35)28(21-13-9-6-10-14-21)34-30(36)19(2)32-3/h5,7-8,11-12,17-19,21-23,28,31-32H,4,6,9-10,13-16H2,1-3H3,(H,34,36)/t19-,22-,23?,28-/m0/s1. The molecule has 0 bridgehead atoms. The van der Waals surface area contributed by atoms with Crippen LogP contribution in [0.15, 0.2) is 58.2 Å². The summed E-state index contributed by atoms with van der Waals surface area (Å²) in [5.41, 5.74) is 4.85. The number of aliphatic imine (C=N–C) groups is 1. The average Bonchev–Trinajstić information content (AvgIpc) is 3.42. The van der Waals surface area contributed by atoms with Crippen molar-refractivity contribution in [2.24, 2.45) is 16.8 Å². The van der Waals surface area contributed by atoms with Crippen LogP contribution in [-0.4, -0.2) is 42.7 Å². The highest BCUT2D eigenvalue weighted by molar-refractivity contribution is 6.42. The van der Waals surface area contributed by atoms with E-state index in [9.17, 15) is 9.59 Å². The van der Waals surface area contributed by atoms with Crippen molar-refractivity contribution in [1.29, 1.82) is 5.41 Å². The Morgan fingerprint density at radius 1 is 1.11 bits per heavy atom. The van der Waals surface area contributed by atoms with Gasteiger partial charge in [-0.25, -0.2) is 0 Å². The molecule has 192 valence electrons. The molecule has 0 saturated heterocycles. The fourth-order valence-electron chi connectivity index (χ4n) is 6.10. The van der Waals surface area contributed by atoms with Crippen LogP contribution in [0.1, 0.15) is 76.7 Å². The molecule has 4 rings (SSSR count). The molecule has 0 radical (unpaired) electrons. The van der Waals surface area contributed by atoms with E-state index in [1.807, 2.05) is 18.5 Å². The van der Waals surface area contributed by atoms with Crippen molar-refractivity contribution in [3.8, 4) is 0 Å². The molecule has 6 nitrogen and oxygen atoms in total. The maximum absolute atomic E-state index is 13.9. The molecule has 1 unspecified atom stereocenters. The number of hydrogen-bond acceptors (Lipinski definition) is 5. The van der Waals surface area contributed by atoms with Crippen molar-refractivity contribution in [3.05, 3.63) is 58.8 Å². The van der Waals surface area contributed by atoms with Crippen LogP contribution in [0.3, 0.4) is 0 Å². The molecule has 2 aliphatic carbocycles. The van der Waals surface area contributed by atoms with Gasteiger partial charge in [0, 0.05) is 24.3 Å². The van der Waals surface area contributed by atoms with Crippen molar-refractivity contribution in [2.75, 3.05) is 7.05 Å². The average molecular weight is 489 g/mol. The summed E-state index contributed by atoms with van der Waals surface area (Å²) < 4.78 is 0. The van der Waals surface area contributed by atoms with Gasteiger partial charge in [-0.3, -0.25) is 14.6 Å². The third-order valence-corrected chi connectivity index (χ3v) is 8.32. The zero-order chi connectivity index (χ0) is 25.7. The lowest BCUT2D eigenvalue weighted by Crippen LogP contribution is -2.54. The Morgan fingerprint density at radius 3 is 2.50 bits per heavy atom. The second-order valence-corrected chi connectivity index (χ2v) is 10.4. The Bertz CT molecular complexity index is 1070. The third-order valence-electron chi connectivity index (χ3n) is 8.32. The molecule has 0 spiro atoms. The molecular weight excluding hydrogens is 448 g/mol. The van der Waals surface area contributed by atoms with Crippen molar-refractivity contribution < 1.29 is 9.59 Å². The number of Topliss-reactive ketones (excluding diaryl/α,β-unsaturated/α-hetero) is 1. The molecule has 1 heterocycles. The van der Waals surface area contributed by atoms with Gasteiger partial charge >= 0.3 is 0 Å². The van der Waals surface area contributed by atoms with Crippen molar-refractivity contribution >= 4 is 23.6 Å². The number of carbonyl (C=O) groups is 2. The minimum absolute atomic E-state index is 0.0899. The van der Waals surface area contributed by atoms with Gasteiger partial charge < -0.3 is 16.0 Å². The van der Waals surface area contributed by atoms with Gasteiger partial charge in [0.15, 0.2) is 5.78 Å². The van der Waals surface area contributed by atoms with Gasteiger partial charge in [-0.05, 0) is 68.7 Å². The second-order valence-electron chi connectivity index (χ2n) is 10.4. The third kappa shape index (κ3) is 5.44. The summed E-state index contributed by atoms with van der Waals surface area (Å²) in [5, 5.41) is 15.1. The maximum atomic E-state index is 13.9. The van der Waals surface area contributed by atoms with Crippen LogP contribution < -0.4 is 10.6 Å². The monoisotopic (exact) mass is 488 g/mol. The van der Waals surface area contributed by atoms with Gasteiger partial charge in [0.2, 0.25) is 5.91 Å². The highest BCUT2D eigenvalue weighted by Gasteiger charge is 2.38. The first-order valence-corrected chi connectivity index (χ1v) is 13.6. The molecule has 4 atom stereocenters. The van der Waals surface area contributed by atoms with E-state index in [0.29, 0.717) is 6.42 Å². The van der Waals surface area contributed by atoms with E-state index in [-0.39, 0.29) is 41.2 Å². The van der Waals surface area contributed by atoms with E-state index in [2.05, 4.69) is 46.8 Å². The van der Waals surface area contributed by atoms with Gasteiger partial charge in [-0.1, -0.05) is 62.1 Å². The van der Waals surface area contributed by atoms with E-state index in [1.165, 1.54) is 17.6 Å². The van der Waals surface area contributed by atoms with Gasteiger partial charge in [-0.2, -0.15) is 0 Å². The summed E-state index contributed by atoms with van der Waals surface area (Å²) in [7, 11) is 1.74. The number of rotatable bonds is 10. The number of amides is 1. The number of nitrogens with one attached hydrogen (secondary N) is 3. The highest BCUT2D eigenvalue weighted by atomic mass is 16.2. The van der Waals surface area contributed by atoms with Crippen molar-refractivity contribution in [2.45, 2.75) is 83.2 Å². The normalized spacial score (nSPS) is 22.4. The molecule has 1 saturated carbocycles. The molecule has 1 fully saturated rings. The van der Waals surface area contributed by atoms with Crippen LogP contribution in [0.25, 0.3) is 0 Å². The lowest BCUT2D eigenvalue weighted by Gasteiger charge is -2.34. The minimum Gasteiger partial charge on any atom is -0.344 e. The second kappa shape index (κ2) is 11.9. The van der Waals surface area contributed by atoms with Crippen LogP contribution >= 0.6 is 0 Å². The Hall–Kier alpha value is -2.86. The highest BCUT2D eigenvalue weighted by Crippen LogP contribution is 2.45. The van der Waals surface area contributed by atoms with E-state index < -0.39 is 6.04 Å². The molecule has 1 aromatic carbocycles. The summed E-state index contributed by atoms with van der Waals surface area (Å²) in [6.07, 6.45) is 11.5. The summed E-state index contributed by atoms with van der Waals surface area (Å²) >= 11 is 0. The summed E-state index contributed by atoms with van der Waals surface area (Å²) in [4.78, 5) is 31.2. The first-order chi connectivity index (χ1) is 17.5. The van der Waals surface area contributed by atoms with Crippen LogP contribution in [0, 0.1) is 17.2 Å². The van der Waals surface area contributed by atoms with Gasteiger partial charge in [0.1, 0.15) is 0 Å². The number of fused-ring (bicyclic) bond motifs is 1. The topological polar surface area (TPSA) is 94.4 Å². The number of carbonyl (C=O) groups excluding carboxylic acids is 2. The fourth-order valence-corrected chi connectivity index (χ4v) is 6.10. The zero-order valence-electron chi connectivity index (χ0n) is 21.8. The van der Waals surface area contributed by atoms with Crippen LogP contribution in [0.2, 0.25) is 0 Å². The molecule has 0 aromatic heterocycles. The number of allylic oxidation sites excluding steroid dienone is 3. The van der Waals surface area contributed by atoms with Gasteiger partial charge in [-0.15, -0.1) is 0 Å². The van der Waals surface area contributed by atoms with Crippen LogP contribution in [0.4, 0.5) is 0 Å². The number of benzene rings is 1. The van der Waals surface area contributed by atoms with Crippen molar-refractivity contribution in [3.63, 3.8) is 0 Å². The van der Waals surface area contributed by atoms with E-state index in [0.717, 1.165) is 49.7 Å². The predicted molar refractivity (Wildman–Crippen MR) is 146 cm³/mol. The van der Waals surface area contributed by atoms with Gasteiger partial charge in [0.05, 0.1) is 17.8 Å². The molecule has 3 N–H and O–H groups in total. The maximum Gasteiger partial charge on any atom is 0.237 e. The quantitative estimate of drug-likeness (QED) is 0.399. The Balaban J connectivity index is 1.60. The fraction of sp³-hybridized carbons (Fsp3) is 0.533. The molecule has 3 aliphatic rings. The summed E-state index contributed by atoms with van der Waals surface area (Å²) in [5.74, 6) is -0.286. The molecule has 1 aliphatic heterocycles. The van der Waals surface area contributed by atoms with E-state index in [4.69, 9.17) is 5.41 Å². The van der Waals surface area contributed by atoms with E-state index >= 15 is 0 Å². The lowest BCUT2D eigenvalue weighted by molar-refractivity contribution is -0.127. The molecule has 6 heteroatoms. The minimum atomic E-state index is -0.631. The Labute approximate surface area is 215 Å². The smallest absolute Gasteiger partial charge is 0.237 e. The van der Waals surface area contributed by atoms with Crippen LogP contribution in [-0.2, 0) is 9.59 Å². The van der Waals surface area contributed by atoms with Gasteiger partial charge in [0.25, 0.3) is 0 Å². The Kier molecular flexibility index (Phi) is 8.68. The number of nitrogens with zero attached hydrogens (tertiary/aromatic N) is 1. The SMILES string of the molecule is CC[C@H](C(=N)C(=O)[C@@H](NC(=O)[C@H](C)NC)C1CCCCC1)C1=C2C=NC=C2C(c2ccccc2)CC1. The zero-order valence-corrected chi connectivity index (χ0v) is 21.8. The number of hydrogen-bond donors (Lipinski definition) is 3. The predicted octanol–water partition coefficient (Wildman–Crippen LogP) is 5.12.